The second-order valence-corrected chi connectivity index (χ2v) is 4.49. The summed E-state index contributed by atoms with van der Waals surface area (Å²) < 4.78 is 3.95. The Bertz CT molecular complexity index is 861. The zero-order valence-electron chi connectivity index (χ0n) is 10.6. The maximum atomic E-state index is 4.42. The minimum Gasteiger partial charge on any atom is -0.299 e. The van der Waals surface area contributed by atoms with Crippen molar-refractivity contribution in [1.82, 2.24) is 24.3 Å². The highest BCUT2D eigenvalue weighted by atomic mass is 15.2. The van der Waals surface area contributed by atoms with E-state index in [1.807, 2.05) is 41.2 Å². The van der Waals surface area contributed by atoms with E-state index in [0.29, 0.717) is 0 Å². The molecule has 4 aromatic rings. The number of hydrogen-bond donors (Lipinski definition) is 0. The van der Waals surface area contributed by atoms with Gasteiger partial charge in [-0.2, -0.15) is 0 Å². The Labute approximate surface area is 115 Å². The Morgan fingerprint density at radius 1 is 0.750 bits per heavy atom. The Morgan fingerprint density at radius 2 is 1.55 bits per heavy atom. The number of aromatic nitrogens is 5. The van der Waals surface area contributed by atoms with Gasteiger partial charge in [0.05, 0.1) is 16.7 Å². The summed E-state index contributed by atoms with van der Waals surface area (Å²) in [4.78, 5) is 4.42. The van der Waals surface area contributed by atoms with Gasteiger partial charge in [0.15, 0.2) is 0 Å². The average Bonchev–Trinajstić information content (AvgIpc) is 3.17. The Kier molecular flexibility index (Phi) is 2.35. The molecule has 0 aliphatic carbocycles. The molecule has 20 heavy (non-hydrogen) atoms. The fraction of sp³-hybridized carbons (Fsp3) is 0. The van der Waals surface area contributed by atoms with Crippen LogP contribution in [0.2, 0.25) is 0 Å². The van der Waals surface area contributed by atoms with Crippen molar-refractivity contribution < 1.29 is 0 Å². The van der Waals surface area contributed by atoms with Crippen LogP contribution in [0.15, 0.2) is 67.5 Å². The summed E-state index contributed by atoms with van der Waals surface area (Å²) >= 11 is 0. The summed E-state index contributed by atoms with van der Waals surface area (Å²) in [6, 6.07) is 16.3. The maximum Gasteiger partial charge on any atom is 0.123 e. The van der Waals surface area contributed by atoms with Crippen LogP contribution in [0.4, 0.5) is 0 Å². The number of fused-ring (bicyclic) bond motifs is 1. The van der Waals surface area contributed by atoms with Gasteiger partial charge in [0.2, 0.25) is 0 Å². The first-order valence-corrected chi connectivity index (χ1v) is 6.29. The molecule has 0 saturated carbocycles. The van der Waals surface area contributed by atoms with E-state index in [4.69, 9.17) is 0 Å². The lowest BCUT2D eigenvalue weighted by Gasteiger charge is -2.07. The predicted molar refractivity (Wildman–Crippen MR) is 76.0 cm³/mol. The third-order valence-electron chi connectivity index (χ3n) is 3.28. The Balaban J connectivity index is 1.88. The lowest BCUT2D eigenvalue weighted by atomic mass is 10.2. The summed E-state index contributed by atoms with van der Waals surface area (Å²) in [5.41, 5.74) is 4.16. The number of benzene rings is 2. The van der Waals surface area contributed by atoms with Crippen LogP contribution >= 0.6 is 0 Å². The van der Waals surface area contributed by atoms with Gasteiger partial charge in [-0.05, 0) is 30.3 Å². The van der Waals surface area contributed by atoms with Gasteiger partial charge in [0.25, 0.3) is 0 Å². The van der Waals surface area contributed by atoms with Crippen molar-refractivity contribution in [1.29, 1.82) is 0 Å². The molecule has 0 unspecified atom stereocenters. The van der Waals surface area contributed by atoms with E-state index in [1.165, 1.54) is 0 Å². The molecule has 0 atom stereocenters. The van der Waals surface area contributed by atoms with Crippen LogP contribution in [0.5, 0.6) is 0 Å². The molecule has 2 aromatic carbocycles. The van der Waals surface area contributed by atoms with Gasteiger partial charge in [-0.3, -0.25) is 9.13 Å². The molecular weight excluding hydrogens is 250 g/mol. The van der Waals surface area contributed by atoms with Crippen molar-refractivity contribution in [2.24, 2.45) is 0 Å². The number of nitrogens with zero attached hydrogens (tertiary/aromatic N) is 5. The van der Waals surface area contributed by atoms with E-state index in [2.05, 4.69) is 37.9 Å². The zero-order chi connectivity index (χ0) is 13.4. The highest BCUT2D eigenvalue weighted by molar-refractivity contribution is 5.77. The third-order valence-corrected chi connectivity index (χ3v) is 3.28. The molecule has 2 aromatic heterocycles. The van der Waals surface area contributed by atoms with Crippen molar-refractivity contribution in [2.75, 3.05) is 0 Å². The molecule has 0 saturated heterocycles. The second kappa shape index (κ2) is 4.31. The van der Waals surface area contributed by atoms with E-state index in [9.17, 15) is 0 Å². The topological polar surface area (TPSA) is 48.5 Å². The minimum atomic E-state index is 0.988. The zero-order valence-corrected chi connectivity index (χ0v) is 10.6. The van der Waals surface area contributed by atoms with E-state index in [0.717, 1.165) is 22.4 Å². The molecule has 0 N–H and O–H groups in total. The number of hydrogen-bond acceptors (Lipinski definition) is 3. The van der Waals surface area contributed by atoms with Crippen molar-refractivity contribution in [3.8, 4) is 11.4 Å². The van der Waals surface area contributed by atoms with Crippen molar-refractivity contribution >= 4 is 11.0 Å². The normalized spacial score (nSPS) is 11.0. The maximum absolute atomic E-state index is 4.42. The SMILES string of the molecule is c1cc(-n2cnnc2)cc(-n2cnc3ccccc32)c1. The van der Waals surface area contributed by atoms with Crippen LogP contribution in [0.3, 0.4) is 0 Å². The van der Waals surface area contributed by atoms with Gasteiger partial charge in [0, 0.05) is 5.69 Å². The van der Waals surface area contributed by atoms with Gasteiger partial charge in [-0.25, -0.2) is 4.98 Å². The van der Waals surface area contributed by atoms with Gasteiger partial charge in [-0.15, -0.1) is 10.2 Å². The first kappa shape index (κ1) is 10.9. The summed E-state index contributed by atoms with van der Waals surface area (Å²) in [5, 5.41) is 7.67. The number of rotatable bonds is 2. The smallest absolute Gasteiger partial charge is 0.123 e. The van der Waals surface area contributed by atoms with Crippen LogP contribution in [0.25, 0.3) is 22.4 Å². The molecule has 0 aliphatic rings. The lowest BCUT2D eigenvalue weighted by molar-refractivity contribution is 1.03. The van der Waals surface area contributed by atoms with Crippen molar-refractivity contribution in [2.45, 2.75) is 0 Å². The summed E-state index contributed by atoms with van der Waals surface area (Å²) in [7, 11) is 0. The Morgan fingerprint density at radius 3 is 2.45 bits per heavy atom. The van der Waals surface area contributed by atoms with Gasteiger partial charge in [-0.1, -0.05) is 18.2 Å². The van der Waals surface area contributed by atoms with Gasteiger partial charge in [0.1, 0.15) is 19.0 Å². The number of para-hydroxylation sites is 2. The summed E-state index contributed by atoms with van der Waals surface area (Å²) in [6.07, 6.45) is 5.21. The molecule has 0 aliphatic heterocycles. The molecule has 0 radical (unpaired) electrons. The van der Waals surface area contributed by atoms with Crippen LogP contribution in [0, 0.1) is 0 Å². The molecule has 0 amide bonds. The highest BCUT2D eigenvalue weighted by Gasteiger charge is 2.05. The molecule has 0 bridgehead atoms. The summed E-state index contributed by atoms with van der Waals surface area (Å²) in [6.45, 7) is 0. The monoisotopic (exact) mass is 261 g/mol. The van der Waals surface area contributed by atoms with Gasteiger partial charge >= 0.3 is 0 Å². The molecule has 0 fully saturated rings. The van der Waals surface area contributed by atoms with Gasteiger partial charge < -0.3 is 0 Å². The fourth-order valence-corrected chi connectivity index (χ4v) is 2.30. The van der Waals surface area contributed by atoms with E-state index in [-0.39, 0.29) is 0 Å². The van der Waals surface area contributed by atoms with Crippen LogP contribution in [-0.4, -0.2) is 24.3 Å². The molecule has 5 heteroatoms. The third kappa shape index (κ3) is 1.68. The molecular formula is C15H11N5. The van der Waals surface area contributed by atoms with E-state index < -0.39 is 0 Å². The Hall–Kier alpha value is -2.95. The van der Waals surface area contributed by atoms with Crippen LogP contribution < -0.4 is 0 Å². The fourth-order valence-electron chi connectivity index (χ4n) is 2.30. The quantitative estimate of drug-likeness (QED) is 0.557. The van der Waals surface area contributed by atoms with Crippen molar-refractivity contribution in [3.63, 3.8) is 0 Å². The highest BCUT2D eigenvalue weighted by Crippen LogP contribution is 2.19. The first-order chi connectivity index (χ1) is 9.92. The molecule has 96 valence electrons. The van der Waals surface area contributed by atoms with E-state index in [1.54, 1.807) is 12.7 Å². The minimum absolute atomic E-state index is 0.988. The van der Waals surface area contributed by atoms with E-state index >= 15 is 0 Å². The largest absolute Gasteiger partial charge is 0.299 e. The molecule has 2 heterocycles. The second-order valence-electron chi connectivity index (χ2n) is 4.49. The predicted octanol–water partition coefficient (Wildman–Crippen LogP) is 2.61. The average molecular weight is 261 g/mol. The van der Waals surface area contributed by atoms with Crippen LogP contribution in [0.1, 0.15) is 0 Å². The standard InChI is InChI=1S/C15H11N5/c1-2-7-15-14(6-1)16-9-20(15)13-5-3-4-12(8-13)19-10-17-18-11-19/h1-11H. The number of imidazole rings is 1. The van der Waals surface area contributed by atoms with Crippen molar-refractivity contribution in [3.05, 3.63) is 67.5 Å². The van der Waals surface area contributed by atoms with Crippen LogP contribution in [-0.2, 0) is 0 Å². The molecule has 4 rings (SSSR count). The summed E-state index contributed by atoms with van der Waals surface area (Å²) in [5.74, 6) is 0. The lowest BCUT2D eigenvalue weighted by Crippen LogP contribution is -1.95. The molecule has 5 nitrogen and oxygen atoms in total. The first-order valence-electron chi connectivity index (χ1n) is 6.29. The molecule has 0 spiro atoms.